The molecule has 21 heavy (non-hydrogen) atoms. The number of ether oxygens (including phenoxy) is 2. The molecule has 0 spiro atoms. The molecular weight excluding hydrogens is 297 g/mol. The molecular formula is C15H13ClFNO3. The van der Waals surface area contributed by atoms with E-state index in [0.29, 0.717) is 17.1 Å². The van der Waals surface area contributed by atoms with Crippen molar-refractivity contribution in [2.45, 2.75) is 6.61 Å². The van der Waals surface area contributed by atoms with Gasteiger partial charge in [0.25, 0.3) is 0 Å². The average molecular weight is 310 g/mol. The Morgan fingerprint density at radius 3 is 2.52 bits per heavy atom. The van der Waals surface area contributed by atoms with Crippen LogP contribution in [0.5, 0.6) is 11.5 Å². The number of methoxy groups -OCH3 is 1. The molecule has 0 saturated carbocycles. The fraction of sp³-hybridized carbons (Fsp3) is 0.133. The quantitative estimate of drug-likeness (QED) is 0.519. The summed E-state index contributed by atoms with van der Waals surface area (Å²) in [6, 6.07) is 10.9. The van der Waals surface area contributed by atoms with Gasteiger partial charge in [-0.2, -0.15) is 0 Å². The summed E-state index contributed by atoms with van der Waals surface area (Å²) in [5, 5.41) is 11.6. The van der Waals surface area contributed by atoms with Gasteiger partial charge in [0.15, 0.2) is 16.7 Å². The molecule has 0 amide bonds. The highest BCUT2D eigenvalue weighted by atomic mass is 35.5. The van der Waals surface area contributed by atoms with Gasteiger partial charge in [0.05, 0.1) is 7.11 Å². The second-order valence-corrected chi connectivity index (χ2v) is 4.53. The summed E-state index contributed by atoms with van der Waals surface area (Å²) < 4.78 is 23.7. The zero-order valence-electron chi connectivity index (χ0n) is 11.2. The van der Waals surface area contributed by atoms with E-state index in [1.807, 2.05) is 0 Å². The molecule has 0 unspecified atom stereocenters. The summed E-state index contributed by atoms with van der Waals surface area (Å²) in [5.41, 5.74) is 1.31. The minimum Gasteiger partial charge on any atom is -0.493 e. The van der Waals surface area contributed by atoms with Crippen molar-refractivity contribution in [1.29, 1.82) is 0 Å². The first-order chi connectivity index (χ1) is 10.1. The second-order valence-electron chi connectivity index (χ2n) is 4.17. The average Bonchev–Trinajstić information content (AvgIpc) is 2.53. The van der Waals surface area contributed by atoms with Gasteiger partial charge in [0.1, 0.15) is 12.4 Å². The fourth-order valence-corrected chi connectivity index (χ4v) is 1.83. The van der Waals surface area contributed by atoms with Gasteiger partial charge < -0.3 is 14.7 Å². The largest absolute Gasteiger partial charge is 0.493 e. The van der Waals surface area contributed by atoms with E-state index in [9.17, 15) is 4.39 Å². The van der Waals surface area contributed by atoms with E-state index in [2.05, 4.69) is 5.16 Å². The maximum absolute atomic E-state index is 12.8. The van der Waals surface area contributed by atoms with E-state index < -0.39 is 0 Å². The van der Waals surface area contributed by atoms with Crippen LogP contribution in [0.4, 0.5) is 4.39 Å². The van der Waals surface area contributed by atoms with E-state index in [1.54, 1.807) is 30.3 Å². The maximum Gasteiger partial charge on any atom is 0.175 e. The maximum atomic E-state index is 12.8. The van der Waals surface area contributed by atoms with E-state index in [4.69, 9.17) is 26.3 Å². The molecule has 4 nitrogen and oxygen atoms in total. The number of rotatable bonds is 5. The molecule has 6 heteroatoms. The SMILES string of the molecule is COc1ccc(/C(Cl)=N/O)cc1OCc1ccc(F)cc1. The van der Waals surface area contributed by atoms with Crippen molar-refractivity contribution >= 4 is 16.8 Å². The first-order valence-electron chi connectivity index (χ1n) is 6.07. The molecule has 0 heterocycles. The van der Waals surface area contributed by atoms with Crippen LogP contribution >= 0.6 is 11.6 Å². The van der Waals surface area contributed by atoms with Crippen molar-refractivity contribution in [3.63, 3.8) is 0 Å². The Labute approximate surface area is 126 Å². The van der Waals surface area contributed by atoms with Crippen LogP contribution in [0.2, 0.25) is 0 Å². The first-order valence-corrected chi connectivity index (χ1v) is 6.45. The van der Waals surface area contributed by atoms with Crippen LogP contribution in [0.1, 0.15) is 11.1 Å². The standard InChI is InChI=1S/C15H13ClFNO3/c1-20-13-7-4-11(15(16)18-19)8-14(13)21-9-10-2-5-12(17)6-3-10/h2-8,19H,9H2,1H3/b18-15-. The highest BCUT2D eigenvalue weighted by Crippen LogP contribution is 2.29. The van der Waals surface area contributed by atoms with Gasteiger partial charge in [-0.15, -0.1) is 0 Å². The highest BCUT2D eigenvalue weighted by Gasteiger charge is 2.09. The lowest BCUT2D eigenvalue weighted by Gasteiger charge is -2.12. The normalized spacial score (nSPS) is 11.3. The molecule has 0 saturated heterocycles. The minimum absolute atomic E-state index is 0.0516. The Kier molecular flexibility index (Phi) is 5.00. The third-order valence-corrected chi connectivity index (χ3v) is 3.09. The number of nitrogens with zero attached hydrogens (tertiary/aromatic N) is 1. The van der Waals surface area contributed by atoms with Gasteiger partial charge in [-0.1, -0.05) is 28.9 Å². The number of oxime groups is 1. The lowest BCUT2D eigenvalue weighted by atomic mass is 10.2. The summed E-state index contributed by atoms with van der Waals surface area (Å²) in [6.45, 7) is 0.244. The molecule has 0 bridgehead atoms. The lowest BCUT2D eigenvalue weighted by molar-refractivity contribution is 0.284. The Morgan fingerprint density at radius 1 is 1.19 bits per heavy atom. The van der Waals surface area contributed by atoms with Gasteiger partial charge in [-0.3, -0.25) is 0 Å². The monoisotopic (exact) mass is 309 g/mol. The van der Waals surface area contributed by atoms with Crippen molar-refractivity contribution < 1.29 is 19.1 Å². The van der Waals surface area contributed by atoms with Crippen LogP contribution in [0.3, 0.4) is 0 Å². The summed E-state index contributed by atoms with van der Waals surface area (Å²) in [7, 11) is 1.52. The Morgan fingerprint density at radius 2 is 1.90 bits per heavy atom. The number of hydrogen-bond donors (Lipinski definition) is 1. The minimum atomic E-state index is -0.302. The first kappa shape index (κ1) is 15.1. The smallest absolute Gasteiger partial charge is 0.175 e. The van der Waals surface area contributed by atoms with Crippen LogP contribution in [0, 0.1) is 5.82 Å². The van der Waals surface area contributed by atoms with Crippen LogP contribution in [-0.4, -0.2) is 17.5 Å². The number of benzene rings is 2. The van der Waals surface area contributed by atoms with Crippen molar-refractivity contribution in [3.05, 3.63) is 59.4 Å². The molecule has 2 rings (SSSR count). The number of hydrogen-bond acceptors (Lipinski definition) is 4. The third-order valence-electron chi connectivity index (χ3n) is 2.80. The summed E-state index contributed by atoms with van der Waals surface area (Å²) >= 11 is 5.75. The van der Waals surface area contributed by atoms with Crippen molar-refractivity contribution in [2.75, 3.05) is 7.11 Å². The highest BCUT2D eigenvalue weighted by molar-refractivity contribution is 6.69. The molecule has 0 aromatic heterocycles. The van der Waals surface area contributed by atoms with Crippen LogP contribution < -0.4 is 9.47 Å². The second kappa shape index (κ2) is 6.95. The summed E-state index contributed by atoms with van der Waals surface area (Å²) in [5.74, 6) is 0.661. The van der Waals surface area contributed by atoms with Gasteiger partial charge in [-0.05, 0) is 35.9 Å². The van der Waals surface area contributed by atoms with Gasteiger partial charge >= 0.3 is 0 Å². The van der Waals surface area contributed by atoms with Crippen LogP contribution in [-0.2, 0) is 6.61 Å². The summed E-state index contributed by atoms with van der Waals surface area (Å²) in [6.07, 6.45) is 0. The molecule has 0 fully saturated rings. The molecule has 0 aliphatic carbocycles. The van der Waals surface area contributed by atoms with Crippen molar-refractivity contribution in [1.82, 2.24) is 0 Å². The zero-order chi connectivity index (χ0) is 15.2. The van der Waals surface area contributed by atoms with Crippen LogP contribution in [0.15, 0.2) is 47.6 Å². The molecule has 0 aliphatic rings. The molecule has 0 atom stereocenters. The fourth-order valence-electron chi connectivity index (χ4n) is 1.72. The molecule has 2 aromatic rings. The molecule has 1 N–H and O–H groups in total. The van der Waals surface area contributed by atoms with Gasteiger partial charge in [-0.25, -0.2) is 4.39 Å². The van der Waals surface area contributed by atoms with E-state index in [-0.39, 0.29) is 17.6 Å². The number of halogens is 2. The zero-order valence-corrected chi connectivity index (χ0v) is 12.0. The predicted molar refractivity (Wildman–Crippen MR) is 77.9 cm³/mol. The molecule has 0 radical (unpaired) electrons. The third kappa shape index (κ3) is 3.86. The topological polar surface area (TPSA) is 51.0 Å². The van der Waals surface area contributed by atoms with E-state index >= 15 is 0 Å². The molecule has 110 valence electrons. The van der Waals surface area contributed by atoms with E-state index in [1.165, 1.54) is 19.2 Å². The molecule has 0 aliphatic heterocycles. The van der Waals surface area contributed by atoms with Crippen LogP contribution in [0.25, 0.3) is 0 Å². The predicted octanol–water partition coefficient (Wildman–Crippen LogP) is 3.79. The van der Waals surface area contributed by atoms with E-state index in [0.717, 1.165) is 5.56 Å². The van der Waals surface area contributed by atoms with Gasteiger partial charge in [0.2, 0.25) is 0 Å². The Balaban J connectivity index is 2.19. The summed E-state index contributed by atoms with van der Waals surface area (Å²) in [4.78, 5) is 0. The van der Waals surface area contributed by atoms with Crippen molar-refractivity contribution in [3.8, 4) is 11.5 Å². The Bertz CT molecular complexity index is 644. The van der Waals surface area contributed by atoms with Crippen molar-refractivity contribution in [2.24, 2.45) is 5.16 Å². The lowest BCUT2D eigenvalue weighted by Crippen LogP contribution is -2.00. The Hall–Kier alpha value is -2.27. The molecule has 2 aromatic carbocycles. The van der Waals surface area contributed by atoms with Gasteiger partial charge in [0, 0.05) is 5.56 Å².